The quantitative estimate of drug-likeness (QED) is 0.193. The number of esters is 1. The van der Waals surface area contributed by atoms with Crippen LogP contribution in [0, 0.1) is 20.8 Å². The number of ether oxygens (including phenoxy) is 1. The van der Waals surface area contributed by atoms with E-state index >= 15 is 0 Å². The molecule has 8 bridgehead atoms. The number of aromatic amines is 3. The van der Waals surface area contributed by atoms with Crippen LogP contribution in [0.1, 0.15) is 77.2 Å². The number of carboxylic acid groups (broad SMARTS) is 1. The number of pyridine rings is 1. The van der Waals surface area contributed by atoms with Crippen LogP contribution in [0.4, 0.5) is 0 Å². The summed E-state index contributed by atoms with van der Waals surface area (Å²) in [7, 11) is 1.32. The molecule has 4 aromatic heterocycles. The van der Waals surface area contributed by atoms with Crippen molar-refractivity contribution in [3.05, 3.63) is 94.9 Å². The summed E-state index contributed by atoms with van der Waals surface area (Å²) in [5, 5.41) is 23.4. The predicted molar refractivity (Wildman–Crippen MR) is 182 cm³/mol. The van der Waals surface area contributed by atoms with Gasteiger partial charge in [-0.1, -0.05) is 19.6 Å². The number of nitrogens with zero attached hydrogens (tertiary/aromatic N) is 2. The van der Waals surface area contributed by atoms with Gasteiger partial charge in [-0.3, -0.25) is 19.0 Å². The maximum absolute atomic E-state index is 13.9. The third-order valence-electron chi connectivity index (χ3n) is 9.40. The van der Waals surface area contributed by atoms with Crippen LogP contribution in [0.3, 0.4) is 0 Å². The minimum atomic E-state index is -1.29. The Labute approximate surface area is 270 Å². The third-order valence-corrected chi connectivity index (χ3v) is 9.40. The van der Waals surface area contributed by atoms with E-state index in [1.54, 1.807) is 6.92 Å². The lowest BCUT2D eigenvalue weighted by Gasteiger charge is -2.15. The number of hydrogen-bond donors (Lipinski definition) is 5. The van der Waals surface area contributed by atoms with Crippen molar-refractivity contribution in [2.75, 3.05) is 7.11 Å². The normalized spacial score (nSPS) is 13.8. The van der Waals surface area contributed by atoms with Crippen molar-refractivity contribution < 1.29 is 24.5 Å². The summed E-state index contributed by atoms with van der Waals surface area (Å²) in [6.07, 6.45) is 8.76. The molecule has 47 heavy (non-hydrogen) atoms. The first-order chi connectivity index (χ1) is 22.4. The van der Waals surface area contributed by atoms with Crippen LogP contribution in [0.5, 0.6) is 5.88 Å². The highest BCUT2D eigenvalue weighted by Crippen LogP contribution is 2.38. The number of allylic oxidation sites excluding steroid dienone is 2. The van der Waals surface area contributed by atoms with Gasteiger partial charge in [0, 0.05) is 39.8 Å². The monoisotopic (exact) mass is 635 g/mol. The largest absolute Gasteiger partial charge is 0.494 e. The fraction of sp³-hybridized carbons (Fsp3) is 0.278. The van der Waals surface area contributed by atoms with Crippen LogP contribution < -0.4 is 16.3 Å². The third kappa shape index (κ3) is 4.98. The van der Waals surface area contributed by atoms with Gasteiger partial charge in [-0.15, -0.1) is 0 Å². The lowest BCUT2D eigenvalue weighted by Crippen LogP contribution is -2.26. The number of aliphatic carboxylic acids is 1. The van der Waals surface area contributed by atoms with Gasteiger partial charge in [-0.05, 0) is 92.2 Å². The topological polar surface area (TPSA) is 166 Å². The van der Waals surface area contributed by atoms with E-state index in [1.807, 2.05) is 32.1 Å². The molecule has 0 spiro atoms. The summed E-state index contributed by atoms with van der Waals surface area (Å²) in [5.74, 6) is -2.23. The van der Waals surface area contributed by atoms with E-state index in [0.717, 1.165) is 60.9 Å². The highest BCUT2D eigenvalue weighted by Gasteiger charge is 2.31. The van der Waals surface area contributed by atoms with Gasteiger partial charge in [-0.2, -0.15) is 0 Å². The first-order valence-electron chi connectivity index (χ1n) is 15.4. The van der Waals surface area contributed by atoms with Crippen molar-refractivity contribution in [1.82, 2.24) is 19.5 Å². The fourth-order valence-electron chi connectivity index (χ4n) is 6.78. The number of fused-ring (bicyclic) bond motifs is 7. The number of carbonyl (C=O) groups excluding carboxylic acids is 1. The fourth-order valence-corrected chi connectivity index (χ4v) is 6.78. The van der Waals surface area contributed by atoms with Crippen molar-refractivity contribution >= 4 is 52.9 Å². The van der Waals surface area contributed by atoms with Crippen molar-refractivity contribution in [1.29, 1.82) is 0 Å². The van der Waals surface area contributed by atoms with Gasteiger partial charge in [0.05, 0.1) is 35.0 Å². The number of aromatic hydroxyl groups is 1. The molecule has 0 atom stereocenters. The second-order valence-electron chi connectivity index (χ2n) is 12.0. The number of methoxy groups -OCH3 is 1. The molecule has 4 aromatic rings. The molecule has 0 unspecified atom stereocenters. The van der Waals surface area contributed by atoms with Gasteiger partial charge < -0.3 is 29.9 Å². The molecule has 0 radical (unpaired) electrons. The Morgan fingerprint density at radius 3 is 2.36 bits per heavy atom. The number of nitrogens with one attached hydrogen (secondary N) is 3. The minimum Gasteiger partial charge on any atom is -0.494 e. The highest BCUT2D eigenvalue weighted by molar-refractivity contribution is 6.23. The zero-order valence-electron chi connectivity index (χ0n) is 27.3. The Hall–Kier alpha value is -5.58. The number of hydrogen-bond acceptors (Lipinski definition) is 6. The molecular formula is C36H37N5O6. The average molecular weight is 636 g/mol. The lowest BCUT2D eigenvalue weighted by atomic mass is 9.95. The molecule has 0 saturated heterocycles. The van der Waals surface area contributed by atoms with Crippen LogP contribution in [-0.4, -0.2) is 54.5 Å². The number of carboxylic acids is 1. The molecule has 2 aliphatic rings. The summed E-state index contributed by atoms with van der Waals surface area (Å²) < 4.78 is 5.78. The molecule has 0 aliphatic carbocycles. The van der Waals surface area contributed by atoms with Gasteiger partial charge in [0.2, 0.25) is 5.88 Å². The molecule has 0 fully saturated rings. The van der Waals surface area contributed by atoms with E-state index in [-0.39, 0.29) is 23.8 Å². The summed E-state index contributed by atoms with van der Waals surface area (Å²) in [6, 6.07) is 0. The van der Waals surface area contributed by atoms with Gasteiger partial charge in [0.1, 0.15) is 6.54 Å². The Kier molecular flexibility index (Phi) is 7.79. The molecule has 2 aliphatic heterocycles. The number of aryl methyl sites for hydroxylation is 1. The molecule has 11 nitrogen and oxygen atoms in total. The maximum atomic E-state index is 13.9. The summed E-state index contributed by atoms with van der Waals surface area (Å²) >= 11 is 0. The number of rotatable bonds is 7. The van der Waals surface area contributed by atoms with Crippen molar-refractivity contribution in [3.8, 4) is 5.88 Å². The maximum Gasteiger partial charge on any atom is 0.323 e. The summed E-state index contributed by atoms with van der Waals surface area (Å²) in [4.78, 5) is 53.6. The number of carbonyl (C=O) groups is 2. The van der Waals surface area contributed by atoms with E-state index in [9.17, 15) is 24.6 Å². The van der Waals surface area contributed by atoms with E-state index in [0.29, 0.717) is 33.8 Å². The van der Waals surface area contributed by atoms with Crippen LogP contribution in [0.15, 0.2) is 33.2 Å². The minimum absolute atomic E-state index is 0.0479. The standard InChI is InChI=1S/C36H37N5O6/c1-8-20-16(3)23-12-25-18(5)22(10-11-30(44)47-7)33(39-25)32-34-31(35(45)41(36(32)46)15-29(42)43)19(6)26(40-34)14-28-21(9-2)17(4)24(38-28)13-27(20)37-23/h8,12-14,37-38,40,46H,1,9-11,15H2,2-7H3,(H,42,43). The molecule has 0 saturated carbocycles. The zero-order chi connectivity index (χ0) is 33.9. The van der Waals surface area contributed by atoms with E-state index in [4.69, 9.17) is 9.73 Å². The van der Waals surface area contributed by atoms with Crippen molar-refractivity contribution in [3.63, 3.8) is 0 Å². The van der Waals surface area contributed by atoms with Gasteiger partial charge in [0.25, 0.3) is 5.56 Å². The molecule has 0 amide bonds. The van der Waals surface area contributed by atoms with Crippen molar-refractivity contribution in [2.45, 2.75) is 60.4 Å². The molecule has 5 N–H and O–H groups in total. The number of aromatic nitrogens is 4. The predicted octanol–water partition coefficient (Wildman–Crippen LogP) is 3.99. The van der Waals surface area contributed by atoms with Crippen LogP contribution >= 0.6 is 0 Å². The molecular weight excluding hydrogens is 598 g/mol. The highest BCUT2D eigenvalue weighted by atomic mass is 16.5. The SMILES string of the molecule is C=Cc1c2[nH]c(c1C)C=C1N=C(C(CCC(=O)OC)=C1C)c1c(O)n(CC(=O)O)c(=O)c3c(C)c([nH]c13)C=c1[nH]c(c(C)c1CC)=C2. The van der Waals surface area contributed by atoms with Crippen LogP contribution in [-0.2, 0) is 27.3 Å². The average Bonchev–Trinajstić information content (AvgIpc) is 3.71. The second-order valence-corrected chi connectivity index (χ2v) is 12.0. The summed E-state index contributed by atoms with van der Waals surface area (Å²) in [5.41, 5.74) is 9.21. The van der Waals surface area contributed by atoms with Gasteiger partial charge in [-0.25, -0.2) is 4.99 Å². The van der Waals surface area contributed by atoms with E-state index in [1.165, 1.54) is 7.11 Å². The van der Waals surface area contributed by atoms with E-state index < -0.39 is 29.9 Å². The lowest BCUT2D eigenvalue weighted by molar-refractivity contribution is -0.140. The first-order valence-corrected chi connectivity index (χ1v) is 15.4. The molecule has 6 rings (SSSR count). The number of H-pyrrole nitrogens is 3. The first kappa shape index (κ1) is 31.4. The Morgan fingerprint density at radius 2 is 1.70 bits per heavy atom. The van der Waals surface area contributed by atoms with Crippen LogP contribution in [0.2, 0.25) is 0 Å². The molecule has 0 aromatic carbocycles. The van der Waals surface area contributed by atoms with Crippen molar-refractivity contribution in [2.24, 2.45) is 4.99 Å². The van der Waals surface area contributed by atoms with Gasteiger partial charge >= 0.3 is 11.9 Å². The number of aliphatic imine (C=N–C) groups is 1. The smallest absolute Gasteiger partial charge is 0.323 e. The zero-order valence-corrected chi connectivity index (χ0v) is 27.3. The molecule has 242 valence electrons. The summed E-state index contributed by atoms with van der Waals surface area (Å²) in [6.45, 7) is 13.1. The van der Waals surface area contributed by atoms with E-state index in [2.05, 4.69) is 41.5 Å². The Morgan fingerprint density at radius 1 is 1.00 bits per heavy atom. The molecule has 11 heteroatoms. The Balaban J connectivity index is 1.81. The molecule has 6 heterocycles. The van der Waals surface area contributed by atoms with Gasteiger partial charge in [0.15, 0.2) is 0 Å². The van der Waals surface area contributed by atoms with Crippen LogP contribution in [0.25, 0.3) is 35.2 Å². The second kappa shape index (κ2) is 11.7. The Bertz CT molecular complexity index is 2330.